The molecular formula is C54H62O12. The van der Waals surface area contributed by atoms with Gasteiger partial charge in [0, 0.05) is 28.7 Å². The molecule has 1 aliphatic rings. The lowest BCUT2D eigenvalue weighted by Gasteiger charge is -2.12. The fourth-order valence-electron chi connectivity index (χ4n) is 7.12. The van der Waals surface area contributed by atoms with Crippen LogP contribution in [0.5, 0.6) is 28.7 Å². The van der Waals surface area contributed by atoms with Crippen molar-refractivity contribution in [3.63, 3.8) is 0 Å². The van der Waals surface area contributed by atoms with E-state index in [4.69, 9.17) is 37.9 Å². The summed E-state index contributed by atoms with van der Waals surface area (Å²) in [6.45, 7) is 14.1. The van der Waals surface area contributed by atoms with E-state index in [-0.39, 0.29) is 31.3 Å². The summed E-state index contributed by atoms with van der Waals surface area (Å²) in [5.41, 5.74) is 7.33. The van der Waals surface area contributed by atoms with Crippen LogP contribution in [0, 0.1) is 0 Å². The van der Waals surface area contributed by atoms with E-state index in [9.17, 15) is 19.5 Å². The van der Waals surface area contributed by atoms with Crippen LogP contribution in [0.3, 0.4) is 0 Å². The average Bonchev–Trinajstić information content (AvgIpc) is 3.59. The Labute approximate surface area is 388 Å². The van der Waals surface area contributed by atoms with Gasteiger partial charge in [0.15, 0.2) is 11.5 Å². The summed E-state index contributed by atoms with van der Waals surface area (Å²) in [7, 11) is 1.60. The zero-order valence-electron chi connectivity index (χ0n) is 38.6. The number of aliphatic hydroxyl groups is 1. The molecular weight excluding hydrogens is 841 g/mol. The molecule has 0 heterocycles. The molecule has 5 rings (SSSR count). The molecule has 4 aromatic carbocycles. The van der Waals surface area contributed by atoms with Crippen molar-refractivity contribution in [1.82, 2.24) is 0 Å². The zero-order chi connectivity index (χ0) is 47.3. The van der Waals surface area contributed by atoms with Gasteiger partial charge in [-0.05, 0) is 159 Å². The summed E-state index contributed by atoms with van der Waals surface area (Å²) in [4.78, 5) is 35.8. The highest BCUT2D eigenvalue weighted by Crippen LogP contribution is 2.47. The van der Waals surface area contributed by atoms with Gasteiger partial charge in [0.25, 0.3) is 0 Å². The number of hydrogen-bond donors (Lipinski definition) is 1. The molecule has 1 unspecified atom stereocenters. The summed E-state index contributed by atoms with van der Waals surface area (Å²) in [6, 6.07) is 22.7. The number of carbonyl (C=O) groups is 3. The smallest absolute Gasteiger partial charge is 0.336 e. The van der Waals surface area contributed by atoms with Crippen molar-refractivity contribution < 1.29 is 57.4 Å². The Morgan fingerprint density at radius 3 is 1.76 bits per heavy atom. The minimum atomic E-state index is -0.523. The van der Waals surface area contributed by atoms with Gasteiger partial charge in [0.05, 0.1) is 46.4 Å². The van der Waals surface area contributed by atoms with Gasteiger partial charge in [-0.3, -0.25) is 0 Å². The molecule has 0 spiro atoms. The third-order valence-corrected chi connectivity index (χ3v) is 10.7. The normalized spacial score (nSPS) is 12.6. The third kappa shape index (κ3) is 15.4. The molecule has 0 amide bonds. The molecule has 0 radical (unpaired) electrons. The molecule has 1 atom stereocenters. The topological polar surface area (TPSA) is 145 Å². The van der Waals surface area contributed by atoms with Crippen LogP contribution in [-0.2, 0) is 35.2 Å². The average molecular weight is 903 g/mol. The number of hydrogen-bond acceptors (Lipinski definition) is 12. The van der Waals surface area contributed by atoms with Crippen molar-refractivity contribution in [3.8, 4) is 39.9 Å². The maximum absolute atomic E-state index is 12.9. The van der Waals surface area contributed by atoms with Gasteiger partial charge < -0.3 is 43.0 Å². The molecule has 12 nitrogen and oxygen atoms in total. The molecule has 0 fully saturated rings. The van der Waals surface area contributed by atoms with Gasteiger partial charge >= 0.3 is 17.9 Å². The molecule has 1 N–H and O–H groups in total. The second-order valence-electron chi connectivity index (χ2n) is 16.0. The number of ether oxygens (including phenoxy) is 8. The van der Waals surface area contributed by atoms with E-state index in [2.05, 4.69) is 20.1 Å². The van der Waals surface area contributed by atoms with Crippen molar-refractivity contribution in [3.05, 3.63) is 137 Å². The second kappa shape index (κ2) is 26.2. The van der Waals surface area contributed by atoms with E-state index in [1.54, 1.807) is 51.5 Å². The van der Waals surface area contributed by atoms with Gasteiger partial charge in [0.1, 0.15) is 17.2 Å². The zero-order valence-corrected chi connectivity index (χ0v) is 38.6. The molecule has 66 heavy (non-hydrogen) atoms. The lowest BCUT2D eigenvalue weighted by molar-refractivity contribution is -0.139. The first-order valence-corrected chi connectivity index (χ1v) is 22.4. The van der Waals surface area contributed by atoms with Gasteiger partial charge in [-0.15, -0.1) is 0 Å². The Balaban J connectivity index is 1.02. The molecule has 4 aromatic rings. The molecule has 0 aliphatic heterocycles. The van der Waals surface area contributed by atoms with Crippen LogP contribution in [0.4, 0.5) is 0 Å². The van der Waals surface area contributed by atoms with Crippen molar-refractivity contribution in [2.75, 3.05) is 40.3 Å². The van der Waals surface area contributed by atoms with E-state index < -0.39 is 5.97 Å². The van der Waals surface area contributed by atoms with Crippen molar-refractivity contribution in [2.24, 2.45) is 0 Å². The Kier molecular flexibility index (Phi) is 20.0. The predicted molar refractivity (Wildman–Crippen MR) is 255 cm³/mol. The molecule has 350 valence electrons. The molecule has 0 saturated heterocycles. The van der Waals surface area contributed by atoms with E-state index in [0.29, 0.717) is 71.9 Å². The van der Waals surface area contributed by atoms with E-state index in [0.717, 1.165) is 84.7 Å². The van der Waals surface area contributed by atoms with E-state index in [1.165, 1.54) is 6.08 Å². The van der Waals surface area contributed by atoms with Gasteiger partial charge in [0.2, 0.25) is 6.79 Å². The number of benzene rings is 4. The molecule has 0 bridgehead atoms. The minimum Gasteiger partial charge on any atom is -0.493 e. The van der Waals surface area contributed by atoms with Crippen molar-refractivity contribution >= 4 is 30.1 Å². The fraction of sp³-hybridized carbons (Fsp3) is 0.352. The first-order valence-electron chi connectivity index (χ1n) is 22.4. The predicted octanol–water partition coefficient (Wildman–Crippen LogP) is 11.1. The summed E-state index contributed by atoms with van der Waals surface area (Å²) in [6.07, 6.45) is 13.4. The number of carbonyl (C=O) groups excluding carboxylic acids is 3. The van der Waals surface area contributed by atoms with Crippen LogP contribution >= 0.6 is 0 Å². The lowest BCUT2D eigenvalue weighted by atomic mass is 9.99. The van der Waals surface area contributed by atoms with Gasteiger partial charge in [-0.1, -0.05) is 44.3 Å². The molecule has 12 heteroatoms. The number of esters is 3. The van der Waals surface area contributed by atoms with Crippen LogP contribution in [0.15, 0.2) is 109 Å². The quantitative estimate of drug-likeness (QED) is 0.0145. The standard InChI is InChI=1S/C54H62O12/c1-37(2)53(57)63-28-13-9-7-11-26-61-49-22-15-40(31-42(49)35-55)17-24-52(56)66-44-19-21-46-45-20-18-43(33-47(45)39(5)48(46)34-44)65-36-60-30-25-41-16-23-50(51(32-41)59-6)62-27-12-8-10-14-29-64-54(58)38(3)4/h15-25,30-34,39,55H,1,3,7-14,26-29,35-36H2,2,4-6H3. The maximum Gasteiger partial charge on any atom is 0.336 e. The molecule has 1 aliphatic carbocycles. The highest BCUT2D eigenvalue weighted by atomic mass is 16.7. The van der Waals surface area contributed by atoms with Crippen LogP contribution in [-0.4, -0.2) is 63.3 Å². The SMILES string of the molecule is C=C(C)C(=O)OCCCCCCOc1ccc(C=CC(=O)Oc2ccc3c(c2)C(C)c2cc(OCOC=Cc4ccc(OCCCCCCOC(=O)C(=C)C)c(OC)c4)ccc2-3)cc1CO. The van der Waals surface area contributed by atoms with Crippen molar-refractivity contribution in [1.29, 1.82) is 0 Å². The summed E-state index contributed by atoms with van der Waals surface area (Å²) in [5, 5.41) is 9.97. The number of unbranched alkanes of at least 4 members (excludes halogenated alkanes) is 6. The van der Waals surface area contributed by atoms with Gasteiger partial charge in [-0.25, -0.2) is 14.4 Å². The van der Waals surface area contributed by atoms with Crippen molar-refractivity contribution in [2.45, 2.75) is 84.7 Å². The number of fused-ring (bicyclic) bond motifs is 3. The Morgan fingerprint density at radius 1 is 0.621 bits per heavy atom. The fourth-order valence-corrected chi connectivity index (χ4v) is 7.12. The summed E-state index contributed by atoms with van der Waals surface area (Å²) < 4.78 is 45.0. The third-order valence-electron chi connectivity index (χ3n) is 10.7. The maximum atomic E-state index is 12.9. The molecule has 0 aromatic heterocycles. The number of methoxy groups -OCH3 is 1. The second-order valence-corrected chi connectivity index (χ2v) is 16.0. The largest absolute Gasteiger partial charge is 0.493 e. The van der Waals surface area contributed by atoms with Crippen LogP contribution in [0.25, 0.3) is 23.3 Å². The Bertz CT molecular complexity index is 2360. The number of rotatable bonds is 28. The highest BCUT2D eigenvalue weighted by Gasteiger charge is 2.27. The minimum absolute atomic E-state index is 0.0121. The number of aliphatic hydroxyl groups excluding tert-OH is 1. The Morgan fingerprint density at radius 2 is 1.17 bits per heavy atom. The van der Waals surface area contributed by atoms with Crippen LogP contribution in [0.1, 0.15) is 106 Å². The lowest BCUT2D eigenvalue weighted by Crippen LogP contribution is -2.06. The van der Waals surface area contributed by atoms with Gasteiger partial charge in [-0.2, -0.15) is 0 Å². The van der Waals surface area contributed by atoms with Crippen LogP contribution in [0.2, 0.25) is 0 Å². The first-order chi connectivity index (χ1) is 32.0. The Hall–Kier alpha value is -6.79. The van der Waals surface area contributed by atoms with E-state index >= 15 is 0 Å². The highest BCUT2D eigenvalue weighted by molar-refractivity contribution is 5.89. The molecule has 0 saturated carbocycles. The monoisotopic (exact) mass is 902 g/mol. The first kappa shape index (κ1) is 50.2. The summed E-state index contributed by atoms with van der Waals surface area (Å²) in [5.74, 6) is 1.78. The van der Waals surface area contributed by atoms with Crippen LogP contribution < -0.4 is 23.7 Å². The van der Waals surface area contributed by atoms with E-state index in [1.807, 2.05) is 60.7 Å². The summed E-state index contributed by atoms with van der Waals surface area (Å²) >= 11 is 0.